The van der Waals surface area contributed by atoms with Crippen molar-refractivity contribution in [3.63, 3.8) is 0 Å². The summed E-state index contributed by atoms with van der Waals surface area (Å²) in [7, 11) is 0. The minimum atomic E-state index is -0.598. The van der Waals surface area contributed by atoms with E-state index in [1.165, 1.54) is 0 Å². The Morgan fingerprint density at radius 1 is 1.17 bits per heavy atom. The molecule has 0 bridgehead atoms. The number of aromatic nitrogens is 1. The topological polar surface area (TPSA) is 53.8 Å². The highest BCUT2D eigenvalue weighted by atomic mass is 35.5. The van der Waals surface area contributed by atoms with Gasteiger partial charge >= 0.3 is 0 Å². The van der Waals surface area contributed by atoms with E-state index in [9.17, 15) is 4.79 Å². The third-order valence-corrected chi connectivity index (χ3v) is 3.31. The Balaban J connectivity index is 2.13. The smallest absolute Gasteiger partial charge is 0.178 e. The molecule has 0 amide bonds. The monoisotopic (exact) mass is 256 g/mol. The Hall–Kier alpha value is -2.00. The van der Waals surface area contributed by atoms with Crippen molar-refractivity contribution in [3.05, 3.63) is 64.4 Å². The van der Waals surface area contributed by atoms with Crippen molar-refractivity contribution < 1.29 is 4.79 Å². The SMILES string of the molecule is N=C1c2cc(Cl)ccc2C(=O)C1c1ccccn1. The van der Waals surface area contributed by atoms with Gasteiger partial charge in [-0.25, -0.2) is 0 Å². The molecule has 0 saturated carbocycles. The number of benzene rings is 1. The van der Waals surface area contributed by atoms with Gasteiger partial charge in [0.15, 0.2) is 5.78 Å². The van der Waals surface area contributed by atoms with Gasteiger partial charge in [-0.05, 0) is 30.3 Å². The average Bonchev–Trinajstić information content (AvgIpc) is 2.63. The first-order valence-corrected chi connectivity index (χ1v) is 5.90. The van der Waals surface area contributed by atoms with Gasteiger partial charge in [-0.15, -0.1) is 0 Å². The van der Waals surface area contributed by atoms with Crippen LogP contribution in [-0.2, 0) is 0 Å². The molecule has 1 unspecified atom stereocenters. The van der Waals surface area contributed by atoms with Crippen molar-refractivity contribution >= 4 is 23.1 Å². The number of hydrogen-bond acceptors (Lipinski definition) is 3. The maximum atomic E-state index is 12.3. The standard InChI is InChI=1S/C14H9ClN2O/c15-8-4-5-9-10(7-8)13(16)12(14(9)18)11-3-1-2-6-17-11/h1-7,12,16H. The summed E-state index contributed by atoms with van der Waals surface area (Å²) in [5.41, 5.74) is 2.05. The number of pyridine rings is 1. The maximum Gasteiger partial charge on any atom is 0.178 e. The number of ketones is 1. The average molecular weight is 257 g/mol. The summed E-state index contributed by atoms with van der Waals surface area (Å²) in [5, 5.41) is 8.67. The second-order valence-electron chi connectivity index (χ2n) is 4.16. The molecule has 3 nitrogen and oxygen atoms in total. The molecule has 1 N–H and O–H groups in total. The molecule has 0 fully saturated rings. The highest BCUT2D eigenvalue weighted by Gasteiger charge is 2.37. The summed E-state index contributed by atoms with van der Waals surface area (Å²) in [6, 6.07) is 10.4. The molecule has 0 aliphatic heterocycles. The minimum Gasteiger partial charge on any atom is -0.303 e. The lowest BCUT2D eigenvalue weighted by atomic mass is 9.99. The summed E-state index contributed by atoms with van der Waals surface area (Å²) in [4.78, 5) is 16.5. The quantitative estimate of drug-likeness (QED) is 0.852. The molecule has 1 aromatic carbocycles. The molecular weight excluding hydrogens is 248 g/mol. The van der Waals surface area contributed by atoms with Crippen molar-refractivity contribution in [1.29, 1.82) is 5.41 Å². The minimum absolute atomic E-state index is 0.0784. The number of carbonyl (C=O) groups is 1. The number of halogens is 1. The Kier molecular flexibility index (Phi) is 2.49. The van der Waals surface area contributed by atoms with Gasteiger partial charge in [0, 0.05) is 22.3 Å². The molecule has 4 heteroatoms. The van der Waals surface area contributed by atoms with Gasteiger partial charge in [0.25, 0.3) is 0 Å². The number of fused-ring (bicyclic) bond motifs is 1. The van der Waals surface area contributed by atoms with Crippen LogP contribution in [0.1, 0.15) is 27.5 Å². The second-order valence-corrected chi connectivity index (χ2v) is 4.59. The van der Waals surface area contributed by atoms with Crippen molar-refractivity contribution in [2.75, 3.05) is 0 Å². The van der Waals surface area contributed by atoms with E-state index in [1.54, 1.807) is 36.5 Å². The highest BCUT2D eigenvalue weighted by molar-refractivity contribution is 6.34. The number of Topliss-reactive ketones (excluding diaryl/α,β-unsaturated/α-hetero) is 1. The molecule has 0 saturated heterocycles. The molecule has 1 atom stereocenters. The van der Waals surface area contributed by atoms with Crippen LogP contribution in [0.2, 0.25) is 5.02 Å². The van der Waals surface area contributed by atoms with Crippen LogP contribution in [0.3, 0.4) is 0 Å². The number of carbonyl (C=O) groups excluding carboxylic acids is 1. The molecule has 1 aliphatic carbocycles. The molecule has 18 heavy (non-hydrogen) atoms. The van der Waals surface area contributed by atoms with Gasteiger partial charge in [0.2, 0.25) is 0 Å². The van der Waals surface area contributed by atoms with Crippen molar-refractivity contribution in [1.82, 2.24) is 4.98 Å². The fraction of sp³-hybridized carbons (Fsp3) is 0.0714. The summed E-state index contributed by atoms with van der Waals surface area (Å²) in [5.74, 6) is -0.676. The van der Waals surface area contributed by atoms with Gasteiger partial charge in [0.1, 0.15) is 5.92 Å². The molecule has 0 radical (unpaired) electrons. The molecule has 88 valence electrons. The molecule has 1 heterocycles. The Labute approximate surface area is 109 Å². The highest BCUT2D eigenvalue weighted by Crippen LogP contribution is 2.34. The van der Waals surface area contributed by atoms with E-state index in [0.717, 1.165) is 0 Å². The van der Waals surface area contributed by atoms with Crippen LogP contribution >= 0.6 is 11.6 Å². The van der Waals surface area contributed by atoms with E-state index in [4.69, 9.17) is 17.0 Å². The normalized spacial score (nSPS) is 17.9. The first kappa shape index (κ1) is 11.1. The van der Waals surface area contributed by atoms with Crippen LogP contribution in [0.15, 0.2) is 42.6 Å². The Morgan fingerprint density at radius 3 is 2.72 bits per heavy atom. The molecular formula is C14H9ClN2O. The van der Waals surface area contributed by atoms with Crippen molar-refractivity contribution in [2.45, 2.75) is 5.92 Å². The lowest BCUT2D eigenvalue weighted by Gasteiger charge is -2.07. The molecule has 3 rings (SSSR count). The van der Waals surface area contributed by atoms with Crippen molar-refractivity contribution in [3.8, 4) is 0 Å². The molecule has 1 aliphatic rings. The van der Waals surface area contributed by atoms with Crippen LogP contribution in [0.25, 0.3) is 0 Å². The lowest BCUT2D eigenvalue weighted by Crippen LogP contribution is -2.14. The third kappa shape index (κ3) is 1.56. The second kappa shape index (κ2) is 4.03. The first-order valence-electron chi connectivity index (χ1n) is 5.52. The third-order valence-electron chi connectivity index (χ3n) is 3.07. The Bertz CT molecular complexity index is 652. The maximum absolute atomic E-state index is 12.3. The number of nitrogens with zero attached hydrogens (tertiary/aromatic N) is 1. The van der Waals surface area contributed by atoms with E-state index in [0.29, 0.717) is 21.8 Å². The van der Waals surface area contributed by atoms with Crippen molar-refractivity contribution in [2.24, 2.45) is 0 Å². The summed E-state index contributed by atoms with van der Waals surface area (Å²) >= 11 is 5.91. The van der Waals surface area contributed by atoms with Gasteiger partial charge in [-0.2, -0.15) is 0 Å². The predicted octanol–water partition coefficient (Wildman–Crippen LogP) is 3.08. The van der Waals surface area contributed by atoms with Gasteiger partial charge in [-0.1, -0.05) is 17.7 Å². The predicted molar refractivity (Wildman–Crippen MR) is 69.6 cm³/mol. The summed E-state index contributed by atoms with van der Waals surface area (Å²) in [6.45, 7) is 0. The summed E-state index contributed by atoms with van der Waals surface area (Å²) in [6.07, 6.45) is 1.63. The zero-order valence-electron chi connectivity index (χ0n) is 9.35. The first-order chi connectivity index (χ1) is 8.68. The van der Waals surface area contributed by atoms with Crippen LogP contribution in [0.4, 0.5) is 0 Å². The van der Waals surface area contributed by atoms with E-state index < -0.39 is 5.92 Å². The molecule has 1 aromatic heterocycles. The van der Waals surface area contributed by atoms with Crippen LogP contribution < -0.4 is 0 Å². The fourth-order valence-electron chi connectivity index (χ4n) is 2.23. The van der Waals surface area contributed by atoms with Gasteiger partial charge < -0.3 is 5.41 Å². The number of rotatable bonds is 1. The zero-order valence-corrected chi connectivity index (χ0v) is 10.1. The van der Waals surface area contributed by atoms with E-state index in [-0.39, 0.29) is 11.5 Å². The van der Waals surface area contributed by atoms with Gasteiger partial charge in [0.05, 0.1) is 11.4 Å². The van der Waals surface area contributed by atoms with Crippen LogP contribution in [0.5, 0.6) is 0 Å². The van der Waals surface area contributed by atoms with E-state index >= 15 is 0 Å². The van der Waals surface area contributed by atoms with Gasteiger partial charge in [-0.3, -0.25) is 9.78 Å². The number of hydrogen-bond donors (Lipinski definition) is 1. The lowest BCUT2D eigenvalue weighted by molar-refractivity contribution is 0.0987. The zero-order chi connectivity index (χ0) is 12.7. The largest absolute Gasteiger partial charge is 0.303 e. The Morgan fingerprint density at radius 2 is 2.00 bits per heavy atom. The van der Waals surface area contributed by atoms with E-state index in [1.807, 2.05) is 6.07 Å². The molecule has 0 spiro atoms. The fourth-order valence-corrected chi connectivity index (χ4v) is 2.40. The number of nitrogens with one attached hydrogen (secondary N) is 1. The van der Waals surface area contributed by atoms with Crippen LogP contribution in [-0.4, -0.2) is 16.5 Å². The van der Waals surface area contributed by atoms with Crippen LogP contribution in [0, 0.1) is 5.41 Å². The summed E-state index contributed by atoms with van der Waals surface area (Å²) < 4.78 is 0. The van der Waals surface area contributed by atoms with E-state index in [2.05, 4.69) is 4.98 Å². The molecule has 2 aromatic rings.